The monoisotopic (exact) mass is 306 g/mol. The van der Waals surface area contributed by atoms with Crippen LogP contribution in [0.5, 0.6) is 0 Å². The fraction of sp³-hybridized carbons (Fsp3) is 0.250. The topological polar surface area (TPSA) is 17.1 Å². The van der Waals surface area contributed by atoms with Crippen molar-refractivity contribution in [3.8, 4) is 0 Å². The maximum atomic E-state index is 12.8. The molecule has 1 rings (SSSR count). The minimum absolute atomic E-state index is 0.0240. The minimum Gasteiger partial charge on any atom is -0.295 e. The molecule has 0 spiro atoms. The smallest absolute Gasteiger partial charge is 0.295 e. The van der Waals surface area contributed by atoms with Crippen LogP contribution in [-0.2, 0) is 11.0 Å². The highest BCUT2D eigenvalue weighted by molar-refractivity contribution is 9.10. The van der Waals surface area contributed by atoms with E-state index < -0.39 is 11.7 Å². The highest BCUT2D eigenvalue weighted by atomic mass is 79.9. The Kier molecular flexibility index (Phi) is 4.14. The predicted molar refractivity (Wildman–Crippen MR) is 63.5 cm³/mol. The van der Waals surface area contributed by atoms with Gasteiger partial charge < -0.3 is 0 Å². The largest absolute Gasteiger partial charge is 0.417 e. The summed E-state index contributed by atoms with van der Waals surface area (Å²) in [5.74, 6) is -0.279. The Hall–Kier alpha value is -1.10. The Morgan fingerprint density at radius 2 is 1.88 bits per heavy atom. The van der Waals surface area contributed by atoms with E-state index in [4.69, 9.17) is 0 Å². The summed E-state index contributed by atoms with van der Waals surface area (Å²) in [5.41, 5.74) is -0.421. The van der Waals surface area contributed by atoms with E-state index in [1.54, 1.807) is 0 Å². The predicted octanol–water partition coefficient (Wildman–Crippen LogP) is 4.46. The molecular weight excluding hydrogens is 297 g/mol. The number of allylic oxidation sites excluding steroid dienone is 2. The molecule has 17 heavy (non-hydrogen) atoms. The molecule has 0 saturated carbocycles. The molecule has 0 amide bonds. The lowest BCUT2D eigenvalue weighted by Gasteiger charge is -2.13. The Morgan fingerprint density at radius 3 is 2.35 bits per heavy atom. The van der Waals surface area contributed by atoms with Crippen molar-refractivity contribution < 1.29 is 18.0 Å². The van der Waals surface area contributed by atoms with Crippen LogP contribution in [0.1, 0.15) is 25.0 Å². The van der Waals surface area contributed by atoms with Gasteiger partial charge in [0.1, 0.15) is 0 Å². The number of halogens is 4. The van der Waals surface area contributed by atoms with Crippen molar-refractivity contribution in [3.63, 3.8) is 0 Å². The molecule has 0 aliphatic heterocycles. The van der Waals surface area contributed by atoms with Crippen LogP contribution in [0.4, 0.5) is 13.2 Å². The lowest BCUT2D eigenvalue weighted by atomic mass is 9.99. The molecule has 0 aliphatic rings. The Bertz CT molecular complexity index is 475. The third kappa shape index (κ3) is 3.70. The lowest BCUT2D eigenvalue weighted by Crippen LogP contribution is -2.08. The number of carbonyl (C=O) groups excluding carboxylic acids is 1. The van der Waals surface area contributed by atoms with Crippen LogP contribution < -0.4 is 0 Å². The summed E-state index contributed by atoms with van der Waals surface area (Å²) in [4.78, 5) is 10.9. The zero-order chi connectivity index (χ0) is 13.2. The number of hydrogen-bond donors (Lipinski definition) is 0. The van der Waals surface area contributed by atoms with Gasteiger partial charge in [0.15, 0.2) is 5.78 Å². The van der Waals surface area contributed by atoms with Gasteiger partial charge in [-0.3, -0.25) is 4.79 Å². The molecular formula is C12H10BrF3O. The van der Waals surface area contributed by atoms with Crippen LogP contribution >= 0.6 is 15.9 Å². The molecule has 0 bridgehead atoms. The number of benzene rings is 1. The zero-order valence-electron chi connectivity index (χ0n) is 9.23. The molecule has 0 aromatic heterocycles. The summed E-state index contributed by atoms with van der Waals surface area (Å²) in [7, 11) is 0. The summed E-state index contributed by atoms with van der Waals surface area (Å²) in [6, 6.07) is 3.87. The molecule has 0 aliphatic carbocycles. The molecule has 92 valence electrons. The molecule has 0 atom stereocenters. The first-order chi connectivity index (χ1) is 7.71. The second kappa shape index (κ2) is 5.04. The molecule has 1 aromatic rings. The number of alkyl halides is 3. The van der Waals surface area contributed by atoms with E-state index in [0.717, 1.165) is 6.07 Å². The summed E-state index contributed by atoms with van der Waals surface area (Å²) in [6.07, 6.45) is -3.25. The maximum Gasteiger partial charge on any atom is 0.417 e. The summed E-state index contributed by atoms with van der Waals surface area (Å²) >= 11 is 3.00. The van der Waals surface area contributed by atoms with Gasteiger partial charge >= 0.3 is 6.18 Å². The lowest BCUT2D eigenvalue weighted by molar-refractivity contribution is -0.137. The van der Waals surface area contributed by atoms with E-state index in [1.165, 1.54) is 32.1 Å². The van der Waals surface area contributed by atoms with Gasteiger partial charge in [0.25, 0.3) is 0 Å². The third-order valence-electron chi connectivity index (χ3n) is 2.13. The number of ketones is 1. The highest BCUT2D eigenvalue weighted by Gasteiger charge is 2.33. The van der Waals surface area contributed by atoms with E-state index in [2.05, 4.69) is 15.9 Å². The van der Waals surface area contributed by atoms with Gasteiger partial charge in [0.2, 0.25) is 0 Å². The van der Waals surface area contributed by atoms with E-state index >= 15 is 0 Å². The summed E-state index contributed by atoms with van der Waals surface area (Å²) in [6.45, 7) is 2.79. The normalized spacial score (nSPS) is 12.7. The first-order valence-electron chi connectivity index (χ1n) is 4.78. The molecule has 0 saturated heterocycles. The minimum atomic E-state index is -4.44. The zero-order valence-corrected chi connectivity index (χ0v) is 10.8. The number of rotatable bonds is 2. The molecule has 1 nitrogen and oxygen atoms in total. The summed E-state index contributed by atoms with van der Waals surface area (Å²) < 4.78 is 38.7. The van der Waals surface area contributed by atoms with Gasteiger partial charge in [0, 0.05) is 4.47 Å². The van der Waals surface area contributed by atoms with Gasteiger partial charge in [-0.1, -0.05) is 22.0 Å². The molecule has 0 radical (unpaired) electrons. The van der Waals surface area contributed by atoms with E-state index in [-0.39, 0.29) is 11.3 Å². The van der Waals surface area contributed by atoms with Crippen molar-refractivity contribution in [1.82, 2.24) is 0 Å². The van der Waals surface area contributed by atoms with Gasteiger partial charge in [-0.25, -0.2) is 0 Å². The van der Waals surface area contributed by atoms with Crippen LogP contribution in [0.25, 0.3) is 5.57 Å². The first-order valence-corrected chi connectivity index (χ1v) is 5.57. The van der Waals surface area contributed by atoms with E-state index in [1.807, 2.05) is 0 Å². The Balaban J connectivity index is 3.39. The molecule has 0 heterocycles. The first kappa shape index (κ1) is 14.0. The van der Waals surface area contributed by atoms with Crippen molar-refractivity contribution in [2.75, 3.05) is 0 Å². The van der Waals surface area contributed by atoms with Crippen molar-refractivity contribution in [3.05, 3.63) is 39.9 Å². The van der Waals surface area contributed by atoms with Crippen molar-refractivity contribution >= 4 is 27.3 Å². The van der Waals surface area contributed by atoms with E-state index in [9.17, 15) is 18.0 Å². The standard InChI is InChI=1S/C12H10BrF3O/c1-7(5-8(2)17)10-4-3-9(13)6-11(10)12(14,15)16/h3-6H,1-2H3/b7-5+. The van der Waals surface area contributed by atoms with Crippen molar-refractivity contribution in [2.24, 2.45) is 0 Å². The van der Waals surface area contributed by atoms with Crippen LogP contribution in [0.15, 0.2) is 28.7 Å². The Morgan fingerprint density at radius 1 is 1.29 bits per heavy atom. The molecule has 1 aromatic carbocycles. The second-order valence-electron chi connectivity index (χ2n) is 3.63. The second-order valence-corrected chi connectivity index (χ2v) is 4.54. The van der Waals surface area contributed by atoms with E-state index in [0.29, 0.717) is 10.0 Å². The van der Waals surface area contributed by atoms with Gasteiger partial charge in [-0.15, -0.1) is 0 Å². The van der Waals surface area contributed by atoms with Gasteiger partial charge in [-0.2, -0.15) is 13.2 Å². The van der Waals surface area contributed by atoms with Crippen LogP contribution in [0.3, 0.4) is 0 Å². The molecule has 0 unspecified atom stereocenters. The SMILES string of the molecule is CC(=O)/C=C(\C)c1ccc(Br)cc1C(F)(F)F. The number of hydrogen-bond acceptors (Lipinski definition) is 1. The highest BCUT2D eigenvalue weighted by Crippen LogP contribution is 2.36. The van der Waals surface area contributed by atoms with Crippen LogP contribution in [0.2, 0.25) is 0 Å². The fourth-order valence-corrected chi connectivity index (χ4v) is 1.84. The van der Waals surface area contributed by atoms with Gasteiger partial charge in [-0.05, 0) is 43.2 Å². The molecule has 0 N–H and O–H groups in total. The number of carbonyl (C=O) groups is 1. The maximum absolute atomic E-state index is 12.8. The fourth-order valence-electron chi connectivity index (χ4n) is 1.48. The quantitative estimate of drug-likeness (QED) is 0.737. The van der Waals surface area contributed by atoms with Crippen LogP contribution in [-0.4, -0.2) is 5.78 Å². The molecule has 5 heteroatoms. The average Bonchev–Trinajstić information content (AvgIpc) is 2.14. The Labute approximate surface area is 105 Å². The van der Waals surface area contributed by atoms with Crippen molar-refractivity contribution in [1.29, 1.82) is 0 Å². The van der Waals surface area contributed by atoms with Crippen LogP contribution in [0, 0.1) is 0 Å². The van der Waals surface area contributed by atoms with Crippen molar-refractivity contribution in [2.45, 2.75) is 20.0 Å². The third-order valence-corrected chi connectivity index (χ3v) is 2.62. The average molecular weight is 307 g/mol. The van der Waals surface area contributed by atoms with Gasteiger partial charge in [0.05, 0.1) is 5.56 Å². The molecule has 0 fully saturated rings. The summed E-state index contributed by atoms with van der Waals surface area (Å²) in [5, 5.41) is 0.